The van der Waals surface area contributed by atoms with E-state index in [9.17, 15) is 18.3 Å². The highest BCUT2D eigenvalue weighted by atomic mass is 19.4. The zero-order chi connectivity index (χ0) is 15.4. The molecular formula is C16H20F3NO. The Hall–Kier alpha value is -1.07. The highest BCUT2D eigenvalue weighted by Crippen LogP contribution is 2.46. The first kappa shape index (κ1) is 14.9. The normalized spacial score (nSPS) is 33.4. The molecule has 2 nitrogen and oxygen atoms in total. The second-order valence-electron chi connectivity index (χ2n) is 6.52. The van der Waals surface area contributed by atoms with Crippen LogP contribution in [-0.2, 0) is 11.8 Å². The third kappa shape index (κ3) is 2.46. The van der Waals surface area contributed by atoms with Crippen molar-refractivity contribution in [2.24, 2.45) is 0 Å². The minimum atomic E-state index is -4.34. The van der Waals surface area contributed by atoms with Gasteiger partial charge >= 0.3 is 6.18 Å². The lowest BCUT2D eigenvalue weighted by Crippen LogP contribution is -2.47. The molecule has 0 aliphatic carbocycles. The van der Waals surface area contributed by atoms with Crippen molar-refractivity contribution in [3.8, 4) is 0 Å². The van der Waals surface area contributed by atoms with Crippen molar-refractivity contribution in [2.45, 2.75) is 56.5 Å². The molecule has 2 aliphatic heterocycles. The smallest absolute Gasteiger partial charge is 0.385 e. The summed E-state index contributed by atoms with van der Waals surface area (Å²) >= 11 is 0. The maximum Gasteiger partial charge on any atom is 0.416 e. The van der Waals surface area contributed by atoms with Gasteiger partial charge in [0, 0.05) is 12.1 Å². The zero-order valence-electron chi connectivity index (χ0n) is 12.2. The average Bonchev–Trinajstić information content (AvgIpc) is 2.61. The molecule has 2 unspecified atom stereocenters. The van der Waals surface area contributed by atoms with E-state index in [0.717, 1.165) is 25.0 Å². The number of alkyl halides is 3. The summed E-state index contributed by atoms with van der Waals surface area (Å²) in [5, 5.41) is 11.0. The Morgan fingerprint density at radius 1 is 1.19 bits per heavy atom. The van der Waals surface area contributed by atoms with Crippen LogP contribution in [-0.4, -0.2) is 29.1 Å². The highest BCUT2D eigenvalue weighted by Gasteiger charge is 2.47. The minimum Gasteiger partial charge on any atom is -0.385 e. The van der Waals surface area contributed by atoms with Crippen molar-refractivity contribution in [3.63, 3.8) is 0 Å². The second kappa shape index (κ2) is 4.71. The third-order valence-electron chi connectivity index (χ3n) is 5.19. The Morgan fingerprint density at radius 2 is 1.76 bits per heavy atom. The van der Waals surface area contributed by atoms with Crippen LogP contribution in [0.25, 0.3) is 0 Å². The Kier molecular flexibility index (Phi) is 3.33. The van der Waals surface area contributed by atoms with Crippen LogP contribution in [0.4, 0.5) is 13.2 Å². The van der Waals surface area contributed by atoms with Crippen molar-refractivity contribution >= 4 is 0 Å². The molecule has 2 fully saturated rings. The molecule has 2 bridgehead atoms. The molecule has 3 rings (SSSR count). The molecule has 2 atom stereocenters. The van der Waals surface area contributed by atoms with Gasteiger partial charge in [-0.2, -0.15) is 13.2 Å². The van der Waals surface area contributed by atoms with Crippen LogP contribution in [0.2, 0.25) is 0 Å². The van der Waals surface area contributed by atoms with Crippen molar-refractivity contribution in [3.05, 3.63) is 34.9 Å². The average molecular weight is 299 g/mol. The Balaban J connectivity index is 1.94. The number of rotatable bonds is 1. The monoisotopic (exact) mass is 299 g/mol. The van der Waals surface area contributed by atoms with E-state index in [4.69, 9.17) is 0 Å². The van der Waals surface area contributed by atoms with Crippen molar-refractivity contribution in [1.29, 1.82) is 0 Å². The van der Waals surface area contributed by atoms with E-state index in [-0.39, 0.29) is 0 Å². The van der Waals surface area contributed by atoms with Gasteiger partial charge < -0.3 is 10.0 Å². The third-order valence-corrected chi connectivity index (χ3v) is 5.19. The maximum atomic E-state index is 12.8. The number of benzene rings is 1. The lowest BCUT2D eigenvalue weighted by Gasteiger charge is -2.43. The van der Waals surface area contributed by atoms with Gasteiger partial charge in [-0.05, 0) is 62.9 Å². The molecular weight excluding hydrogens is 279 g/mol. The van der Waals surface area contributed by atoms with Gasteiger partial charge in [0.05, 0.1) is 11.2 Å². The molecule has 21 heavy (non-hydrogen) atoms. The fourth-order valence-electron chi connectivity index (χ4n) is 4.03. The van der Waals surface area contributed by atoms with Gasteiger partial charge in [-0.25, -0.2) is 0 Å². The number of hydrogen-bond donors (Lipinski definition) is 1. The first-order valence-corrected chi connectivity index (χ1v) is 7.33. The first-order chi connectivity index (χ1) is 9.71. The van der Waals surface area contributed by atoms with E-state index >= 15 is 0 Å². The van der Waals surface area contributed by atoms with Gasteiger partial charge in [0.25, 0.3) is 0 Å². The van der Waals surface area contributed by atoms with E-state index in [0.29, 0.717) is 36.1 Å². The van der Waals surface area contributed by atoms with Crippen LogP contribution < -0.4 is 0 Å². The number of halogens is 3. The summed E-state index contributed by atoms with van der Waals surface area (Å²) in [6.45, 7) is 1.66. The van der Waals surface area contributed by atoms with Gasteiger partial charge in [0.1, 0.15) is 0 Å². The number of piperidine rings is 1. The van der Waals surface area contributed by atoms with E-state index in [1.54, 1.807) is 6.92 Å². The molecule has 2 aliphatic rings. The molecule has 0 aromatic heterocycles. The number of aliphatic hydroxyl groups is 1. The highest BCUT2D eigenvalue weighted by molar-refractivity contribution is 5.37. The van der Waals surface area contributed by atoms with Gasteiger partial charge in [-0.1, -0.05) is 6.07 Å². The Morgan fingerprint density at radius 3 is 2.24 bits per heavy atom. The van der Waals surface area contributed by atoms with Crippen LogP contribution in [0.3, 0.4) is 0 Å². The Bertz CT molecular complexity index is 541. The standard InChI is InChI=1S/C16H20F3NO/c1-10-7-11(16(17,18)19)3-6-14(10)15(21)8-12-4-5-13(9-15)20(12)2/h3,6-7,12-13,21H,4-5,8-9H2,1-2H3. The molecule has 116 valence electrons. The predicted octanol–water partition coefficient (Wildman–Crippen LogP) is 3.46. The zero-order valence-corrected chi connectivity index (χ0v) is 12.2. The lowest BCUT2D eigenvalue weighted by atomic mass is 9.78. The van der Waals surface area contributed by atoms with Gasteiger partial charge in [0.15, 0.2) is 0 Å². The fraction of sp³-hybridized carbons (Fsp3) is 0.625. The molecule has 1 N–H and O–H groups in total. The van der Waals surface area contributed by atoms with Crippen LogP contribution in [0.5, 0.6) is 0 Å². The molecule has 2 saturated heterocycles. The topological polar surface area (TPSA) is 23.5 Å². The van der Waals surface area contributed by atoms with Gasteiger partial charge in [-0.15, -0.1) is 0 Å². The molecule has 0 radical (unpaired) electrons. The van der Waals surface area contributed by atoms with Gasteiger partial charge in [0.2, 0.25) is 0 Å². The minimum absolute atomic E-state index is 0.329. The number of nitrogens with zero attached hydrogens (tertiary/aromatic N) is 1. The summed E-state index contributed by atoms with van der Waals surface area (Å²) in [7, 11) is 2.07. The lowest BCUT2D eigenvalue weighted by molar-refractivity contribution is -0.137. The molecule has 0 amide bonds. The first-order valence-electron chi connectivity index (χ1n) is 7.33. The quantitative estimate of drug-likeness (QED) is 0.858. The van der Waals surface area contributed by atoms with Crippen LogP contribution >= 0.6 is 0 Å². The molecule has 1 aromatic carbocycles. The fourth-order valence-corrected chi connectivity index (χ4v) is 4.03. The van der Waals surface area contributed by atoms with Crippen molar-refractivity contribution < 1.29 is 18.3 Å². The molecule has 5 heteroatoms. The van der Waals surface area contributed by atoms with Crippen LogP contribution in [0.15, 0.2) is 18.2 Å². The Labute approximate surface area is 122 Å². The van der Waals surface area contributed by atoms with E-state index < -0.39 is 17.3 Å². The second-order valence-corrected chi connectivity index (χ2v) is 6.52. The molecule has 1 aromatic rings. The molecule has 0 spiro atoms. The molecule has 0 saturated carbocycles. The maximum absolute atomic E-state index is 12.8. The summed E-state index contributed by atoms with van der Waals surface area (Å²) < 4.78 is 38.3. The number of hydrogen-bond acceptors (Lipinski definition) is 2. The summed E-state index contributed by atoms with van der Waals surface area (Å²) in [5.41, 5.74) is -0.466. The van der Waals surface area contributed by atoms with Crippen LogP contribution in [0, 0.1) is 6.92 Å². The largest absolute Gasteiger partial charge is 0.416 e. The van der Waals surface area contributed by atoms with Crippen molar-refractivity contribution in [2.75, 3.05) is 7.05 Å². The van der Waals surface area contributed by atoms with E-state index in [2.05, 4.69) is 11.9 Å². The summed E-state index contributed by atoms with van der Waals surface area (Å²) in [5.74, 6) is 0. The predicted molar refractivity (Wildman–Crippen MR) is 73.9 cm³/mol. The number of fused-ring (bicyclic) bond motifs is 2. The molecule has 2 heterocycles. The summed E-state index contributed by atoms with van der Waals surface area (Å²) in [4.78, 5) is 2.30. The SMILES string of the molecule is Cc1cc(C(F)(F)F)ccc1C1(O)CC2CCC(C1)N2C. The van der Waals surface area contributed by atoms with Crippen LogP contribution in [0.1, 0.15) is 42.4 Å². The number of aryl methyl sites for hydroxylation is 1. The summed E-state index contributed by atoms with van der Waals surface area (Å²) in [6.07, 6.45) is -1.01. The summed E-state index contributed by atoms with van der Waals surface area (Å²) in [6, 6.07) is 4.35. The van der Waals surface area contributed by atoms with Crippen molar-refractivity contribution in [1.82, 2.24) is 4.90 Å². The van der Waals surface area contributed by atoms with E-state index in [1.165, 1.54) is 6.07 Å². The van der Waals surface area contributed by atoms with E-state index in [1.807, 2.05) is 0 Å². The van der Waals surface area contributed by atoms with Gasteiger partial charge in [-0.3, -0.25) is 0 Å².